The van der Waals surface area contributed by atoms with Crippen LogP contribution in [0.1, 0.15) is 52.6 Å². The minimum Gasteiger partial charge on any atom is -0.379 e. The van der Waals surface area contributed by atoms with Crippen molar-refractivity contribution in [3.05, 3.63) is 99.3 Å². The molecule has 0 aliphatic carbocycles. The lowest BCUT2D eigenvalue weighted by molar-refractivity contribution is -0.149. The smallest absolute Gasteiger partial charge is 0.257 e. The molecule has 1 fully saturated rings. The van der Waals surface area contributed by atoms with E-state index in [1.54, 1.807) is 30.3 Å². The van der Waals surface area contributed by atoms with Crippen molar-refractivity contribution in [1.29, 1.82) is 0 Å². The Bertz CT molecular complexity index is 1310. The quantitative estimate of drug-likeness (QED) is 0.376. The molecular formula is C27H24Cl2FN3O3. The van der Waals surface area contributed by atoms with Gasteiger partial charge in [-0.2, -0.15) is 0 Å². The van der Waals surface area contributed by atoms with Crippen molar-refractivity contribution in [3.8, 4) is 0 Å². The molecule has 186 valence electrons. The van der Waals surface area contributed by atoms with Gasteiger partial charge in [0.2, 0.25) is 5.72 Å². The van der Waals surface area contributed by atoms with Gasteiger partial charge in [0, 0.05) is 29.6 Å². The Morgan fingerprint density at radius 2 is 1.94 bits per heavy atom. The number of hydrogen-bond acceptors (Lipinski definition) is 5. The van der Waals surface area contributed by atoms with Crippen LogP contribution in [0.25, 0.3) is 5.57 Å². The first kappa shape index (κ1) is 24.8. The van der Waals surface area contributed by atoms with Gasteiger partial charge in [0.05, 0.1) is 35.4 Å². The van der Waals surface area contributed by atoms with E-state index in [0.717, 1.165) is 5.57 Å². The molecule has 1 amide bonds. The number of allylic oxidation sites excluding steroid dienone is 1. The molecule has 1 saturated heterocycles. The standard InChI is InChI=1S/C27H24Cl2FN3O3/c1-3-16(2)17-10-22-25(23(30)11-17)27(36-21-8-9-35-15-21,18-4-6-19(28)7-5-18)33(26(22)34)14-24-31-12-20(29)13-32-24/h4-7,10-13,21H,2-3,8-9,14-15H2,1H3. The minimum absolute atomic E-state index is 0.0373. The second-order valence-electron chi connectivity index (χ2n) is 8.80. The first-order chi connectivity index (χ1) is 17.3. The number of fused-ring (bicyclic) bond motifs is 1. The van der Waals surface area contributed by atoms with Crippen molar-refractivity contribution in [3.63, 3.8) is 0 Å². The number of hydrogen-bond donors (Lipinski definition) is 0. The first-order valence-corrected chi connectivity index (χ1v) is 12.4. The molecule has 2 aliphatic heterocycles. The molecule has 3 aromatic rings. The molecule has 0 bridgehead atoms. The van der Waals surface area contributed by atoms with E-state index in [9.17, 15) is 4.79 Å². The zero-order valence-electron chi connectivity index (χ0n) is 19.6. The summed E-state index contributed by atoms with van der Waals surface area (Å²) in [5.74, 6) is -0.621. The van der Waals surface area contributed by atoms with Crippen molar-refractivity contribution in [2.75, 3.05) is 13.2 Å². The average Bonchev–Trinajstić information content (AvgIpc) is 3.47. The summed E-state index contributed by atoms with van der Waals surface area (Å²) >= 11 is 12.2. The normalized spacial score (nSPS) is 21.2. The SMILES string of the molecule is C=C(CC)c1cc(F)c2c(c1)C(=O)N(Cc1ncc(Cl)cn1)C2(OC1CCOC1)c1ccc(Cl)cc1. The molecule has 0 radical (unpaired) electrons. The van der Waals surface area contributed by atoms with Gasteiger partial charge in [0.25, 0.3) is 5.91 Å². The summed E-state index contributed by atoms with van der Waals surface area (Å²) in [4.78, 5) is 24.1. The zero-order chi connectivity index (χ0) is 25.4. The molecule has 6 nitrogen and oxygen atoms in total. The number of carbonyl (C=O) groups is 1. The van der Waals surface area contributed by atoms with Gasteiger partial charge in [-0.25, -0.2) is 14.4 Å². The van der Waals surface area contributed by atoms with E-state index in [1.807, 2.05) is 6.92 Å². The number of rotatable bonds is 7. The van der Waals surface area contributed by atoms with Gasteiger partial charge < -0.3 is 9.47 Å². The van der Waals surface area contributed by atoms with Crippen LogP contribution >= 0.6 is 23.2 Å². The zero-order valence-corrected chi connectivity index (χ0v) is 21.2. The number of benzene rings is 2. The van der Waals surface area contributed by atoms with Crippen LogP contribution in [0.2, 0.25) is 10.0 Å². The lowest BCUT2D eigenvalue weighted by Gasteiger charge is -2.40. The van der Waals surface area contributed by atoms with E-state index in [-0.39, 0.29) is 23.8 Å². The molecule has 5 rings (SSSR count). The van der Waals surface area contributed by atoms with Gasteiger partial charge >= 0.3 is 0 Å². The van der Waals surface area contributed by atoms with Crippen LogP contribution in [-0.4, -0.2) is 40.1 Å². The third-order valence-electron chi connectivity index (χ3n) is 6.55. The predicted octanol–water partition coefficient (Wildman–Crippen LogP) is 6.01. The van der Waals surface area contributed by atoms with Crippen molar-refractivity contribution in [2.45, 2.75) is 38.1 Å². The Labute approximate surface area is 218 Å². The number of amides is 1. The summed E-state index contributed by atoms with van der Waals surface area (Å²) in [5, 5.41) is 0.872. The van der Waals surface area contributed by atoms with E-state index >= 15 is 4.39 Å². The number of halogens is 3. The monoisotopic (exact) mass is 527 g/mol. The Kier molecular flexibility index (Phi) is 6.83. The largest absolute Gasteiger partial charge is 0.379 e. The van der Waals surface area contributed by atoms with Crippen molar-refractivity contribution in [1.82, 2.24) is 14.9 Å². The van der Waals surface area contributed by atoms with E-state index in [0.29, 0.717) is 53.1 Å². The Morgan fingerprint density at radius 3 is 2.58 bits per heavy atom. The third-order valence-corrected chi connectivity index (χ3v) is 7.00. The van der Waals surface area contributed by atoms with Crippen LogP contribution < -0.4 is 0 Å². The topological polar surface area (TPSA) is 64.6 Å². The van der Waals surface area contributed by atoms with Gasteiger partial charge in [-0.15, -0.1) is 0 Å². The molecule has 0 spiro atoms. The van der Waals surface area contributed by atoms with Gasteiger partial charge in [-0.1, -0.05) is 48.8 Å². The van der Waals surface area contributed by atoms with Crippen LogP contribution in [-0.2, 0) is 21.7 Å². The molecule has 0 N–H and O–H groups in total. The Balaban J connectivity index is 1.75. The molecule has 36 heavy (non-hydrogen) atoms. The van der Waals surface area contributed by atoms with Gasteiger partial charge in [-0.3, -0.25) is 9.69 Å². The summed E-state index contributed by atoms with van der Waals surface area (Å²) in [6.07, 6.45) is 3.77. The highest BCUT2D eigenvalue weighted by atomic mass is 35.5. The number of aromatic nitrogens is 2. The number of carbonyl (C=O) groups excluding carboxylic acids is 1. The second-order valence-corrected chi connectivity index (χ2v) is 9.67. The highest BCUT2D eigenvalue weighted by Gasteiger charge is 2.55. The fraction of sp³-hybridized carbons (Fsp3) is 0.296. The summed E-state index contributed by atoms with van der Waals surface area (Å²) < 4.78 is 28.4. The Morgan fingerprint density at radius 1 is 1.22 bits per heavy atom. The van der Waals surface area contributed by atoms with Crippen molar-refractivity contribution < 1.29 is 18.7 Å². The Hall–Kier alpha value is -2.84. The van der Waals surface area contributed by atoms with Crippen LogP contribution in [0.4, 0.5) is 4.39 Å². The summed E-state index contributed by atoms with van der Waals surface area (Å²) in [7, 11) is 0. The molecule has 9 heteroatoms. The summed E-state index contributed by atoms with van der Waals surface area (Å²) in [6.45, 7) is 6.77. The third kappa shape index (κ3) is 4.30. The van der Waals surface area contributed by atoms with E-state index in [1.165, 1.54) is 23.4 Å². The van der Waals surface area contributed by atoms with Gasteiger partial charge in [0.1, 0.15) is 11.6 Å². The molecule has 2 unspecified atom stereocenters. The maximum atomic E-state index is 16.1. The fourth-order valence-electron chi connectivity index (χ4n) is 4.71. The van der Waals surface area contributed by atoms with Crippen molar-refractivity contribution in [2.24, 2.45) is 0 Å². The fourth-order valence-corrected chi connectivity index (χ4v) is 4.93. The molecule has 2 aliphatic rings. The molecule has 2 aromatic carbocycles. The average molecular weight is 528 g/mol. The summed E-state index contributed by atoms with van der Waals surface area (Å²) in [6, 6.07) is 9.98. The van der Waals surface area contributed by atoms with E-state index in [2.05, 4.69) is 16.5 Å². The second kappa shape index (κ2) is 9.90. The van der Waals surface area contributed by atoms with Crippen LogP contribution in [0, 0.1) is 5.82 Å². The molecular weight excluding hydrogens is 504 g/mol. The van der Waals surface area contributed by atoms with Gasteiger partial charge in [-0.05, 0) is 48.2 Å². The maximum Gasteiger partial charge on any atom is 0.257 e. The molecule has 1 aromatic heterocycles. The van der Waals surface area contributed by atoms with Crippen LogP contribution in [0.5, 0.6) is 0 Å². The molecule has 3 heterocycles. The highest BCUT2D eigenvalue weighted by Crippen LogP contribution is 2.49. The number of ether oxygens (including phenoxy) is 2. The van der Waals surface area contributed by atoms with E-state index in [4.69, 9.17) is 32.7 Å². The number of nitrogens with zero attached hydrogens (tertiary/aromatic N) is 3. The highest BCUT2D eigenvalue weighted by molar-refractivity contribution is 6.30. The summed E-state index contributed by atoms with van der Waals surface area (Å²) in [5.41, 5.74) is 0.618. The van der Waals surface area contributed by atoms with E-state index < -0.39 is 17.4 Å². The van der Waals surface area contributed by atoms with Crippen molar-refractivity contribution >= 4 is 34.7 Å². The molecule has 0 saturated carbocycles. The van der Waals surface area contributed by atoms with Gasteiger partial charge in [0.15, 0.2) is 0 Å². The lowest BCUT2D eigenvalue weighted by Crippen LogP contribution is -2.49. The van der Waals surface area contributed by atoms with Crippen LogP contribution in [0.3, 0.4) is 0 Å². The predicted molar refractivity (Wildman–Crippen MR) is 135 cm³/mol. The first-order valence-electron chi connectivity index (χ1n) is 11.7. The maximum absolute atomic E-state index is 16.1. The molecule has 2 atom stereocenters. The minimum atomic E-state index is -1.59. The lowest BCUT2D eigenvalue weighted by atomic mass is 9.90. The van der Waals surface area contributed by atoms with Crippen LogP contribution in [0.15, 0.2) is 55.4 Å².